The molecule has 27 heavy (non-hydrogen) atoms. The van der Waals surface area contributed by atoms with Crippen molar-refractivity contribution in [2.75, 3.05) is 48.3 Å². The van der Waals surface area contributed by atoms with Gasteiger partial charge in [-0.1, -0.05) is 13.0 Å². The number of nitrogens with one attached hydrogen (secondary N) is 2. The van der Waals surface area contributed by atoms with Crippen LogP contribution in [0.15, 0.2) is 42.6 Å². The Morgan fingerprint density at radius 2 is 1.74 bits per heavy atom. The molecule has 7 heteroatoms. The van der Waals surface area contributed by atoms with Crippen LogP contribution < -0.4 is 15.5 Å². The Hall–Kier alpha value is -2.93. The predicted molar refractivity (Wildman–Crippen MR) is 107 cm³/mol. The van der Waals surface area contributed by atoms with Gasteiger partial charge in [0.25, 0.3) is 5.91 Å². The first-order chi connectivity index (χ1) is 13.0. The number of benzene rings is 1. The number of anilines is 3. The Morgan fingerprint density at radius 3 is 2.33 bits per heavy atom. The normalized spacial score (nSPS) is 14.7. The molecule has 1 fully saturated rings. The smallest absolute Gasteiger partial charge is 0.257 e. The van der Waals surface area contributed by atoms with Gasteiger partial charge in [-0.3, -0.25) is 9.59 Å². The van der Waals surface area contributed by atoms with Crippen LogP contribution in [-0.4, -0.2) is 54.4 Å². The summed E-state index contributed by atoms with van der Waals surface area (Å²) in [6, 6.07) is 10.7. The second-order valence-electron chi connectivity index (χ2n) is 6.54. The van der Waals surface area contributed by atoms with Crippen LogP contribution in [0, 0.1) is 0 Å². The zero-order valence-corrected chi connectivity index (χ0v) is 15.7. The fraction of sp³-hybridized carbons (Fsp3) is 0.350. The Labute approximate surface area is 159 Å². The number of amides is 2. The molecule has 3 rings (SSSR count). The molecule has 0 unspecified atom stereocenters. The van der Waals surface area contributed by atoms with Gasteiger partial charge in [-0.2, -0.15) is 0 Å². The minimum atomic E-state index is -0.232. The van der Waals surface area contributed by atoms with Gasteiger partial charge in [-0.15, -0.1) is 0 Å². The van der Waals surface area contributed by atoms with Gasteiger partial charge < -0.3 is 20.4 Å². The minimum Gasteiger partial charge on any atom is -0.354 e. The number of pyridine rings is 1. The molecule has 2 aromatic rings. The number of hydrogen-bond acceptors (Lipinski definition) is 5. The highest BCUT2D eigenvalue weighted by Gasteiger charge is 2.17. The SMILES string of the molecule is CCN1CCN(c2ccc(C(=O)Nc3cccc(NC(C)=O)c3)cn2)CC1. The molecular weight excluding hydrogens is 342 g/mol. The maximum absolute atomic E-state index is 12.5. The number of piperazine rings is 1. The summed E-state index contributed by atoms with van der Waals surface area (Å²) in [6.07, 6.45) is 1.61. The number of carbonyl (C=O) groups is 2. The van der Waals surface area contributed by atoms with E-state index in [1.807, 2.05) is 6.07 Å². The van der Waals surface area contributed by atoms with Gasteiger partial charge in [-0.25, -0.2) is 4.98 Å². The first-order valence-corrected chi connectivity index (χ1v) is 9.17. The highest BCUT2D eigenvalue weighted by Crippen LogP contribution is 2.17. The van der Waals surface area contributed by atoms with Crippen molar-refractivity contribution in [2.24, 2.45) is 0 Å². The summed E-state index contributed by atoms with van der Waals surface area (Å²) in [5, 5.41) is 5.53. The van der Waals surface area contributed by atoms with Crippen LogP contribution >= 0.6 is 0 Å². The number of likely N-dealkylation sites (N-methyl/N-ethyl adjacent to an activating group) is 1. The summed E-state index contributed by atoms with van der Waals surface area (Å²) in [5.41, 5.74) is 1.75. The lowest BCUT2D eigenvalue weighted by Gasteiger charge is -2.34. The topological polar surface area (TPSA) is 77.6 Å². The molecule has 1 aromatic carbocycles. The van der Waals surface area contributed by atoms with Gasteiger partial charge in [0, 0.05) is 50.7 Å². The summed E-state index contributed by atoms with van der Waals surface area (Å²) in [6.45, 7) is 8.65. The van der Waals surface area contributed by atoms with E-state index in [4.69, 9.17) is 0 Å². The van der Waals surface area contributed by atoms with E-state index in [0.717, 1.165) is 38.5 Å². The minimum absolute atomic E-state index is 0.155. The molecule has 0 spiro atoms. The van der Waals surface area contributed by atoms with Crippen molar-refractivity contribution in [3.8, 4) is 0 Å². The molecule has 0 bridgehead atoms. The summed E-state index contributed by atoms with van der Waals surface area (Å²) < 4.78 is 0. The largest absolute Gasteiger partial charge is 0.354 e. The Morgan fingerprint density at radius 1 is 1.04 bits per heavy atom. The van der Waals surface area contributed by atoms with Gasteiger partial charge in [0.05, 0.1) is 5.56 Å². The first kappa shape index (κ1) is 18.8. The fourth-order valence-corrected chi connectivity index (χ4v) is 3.08. The molecule has 0 atom stereocenters. The molecule has 7 nitrogen and oxygen atoms in total. The Balaban J connectivity index is 1.62. The number of aromatic nitrogens is 1. The summed E-state index contributed by atoms with van der Waals surface area (Å²) in [5.74, 6) is 0.512. The molecule has 2 amide bonds. The molecule has 1 aliphatic heterocycles. The second-order valence-corrected chi connectivity index (χ2v) is 6.54. The lowest BCUT2D eigenvalue weighted by Crippen LogP contribution is -2.46. The molecule has 0 radical (unpaired) electrons. The van der Waals surface area contributed by atoms with Crippen LogP contribution in [0.5, 0.6) is 0 Å². The molecule has 0 aliphatic carbocycles. The van der Waals surface area contributed by atoms with Gasteiger partial charge in [-0.05, 0) is 36.9 Å². The fourth-order valence-electron chi connectivity index (χ4n) is 3.08. The van der Waals surface area contributed by atoms with E-state index in [0.29, 0.717) is 16.9 Å². The third-order valence-electron chi connectivity index (χ3n) is 4.59. The van der Waals surface area contributed by atoms with Crippen LogP contribution in [0.25, 0.3) is 0 Å². The van der Waals surface area contributed by atoms with Gasteiger partial charge in [0.2, 0.25) is 5.91 Å². The molecule has 0 saturated carbocycles. The standard InChI is InChI=1S/C20H25N5O2/c1-3-24-9-11-25(12-10-24)19-8-7-16(14-21-19)20(27)23-18-6-4-5-17(13-18)22-15(2)26/h4-8,13-14H,3,9-12H2,1-2H3,(H,22,26)(H,23,27). The van der Waals surface area contributed by atoms with Crippen LogP contribution in [0.3, 0.4) is 0 Å². The summed E-state index contributed by atoms with van der Waals surface area (Å²) in [7, 11) is 0. The average molecular weight is 367 g/mol. The van der Waals surface area contributed by atoms with Crippen molar-refractivity contribution in [1.29, 1.82) is 0 Å². The highest BCUT2D eigenvalue weighted by molar-refractivity contribution is 6.04. The predicted octanol–water partition coefficient (Wildman–Crippen LogP) is 2.43. The number of carbonyl (C=O) groups excluding carboxylic acids is 2. The van der Waals surface area contributed by atoms with Crippen LogP contribution in [-0.2, 0) is 4.79 Å². The lowest BCUT2D eigenvalue weighted by molar-refractivity contribution is -0.114. The van der Waals surface area contributed by atoms with E-state index in [1.165, 1.54) is 6.92 Å². The third-order valence-corrected chi connectivity index (χ3v) is 4.59. The van der Waals surface area contributed by atoms with Crippen molar-refractivity contribution in [1.82, 2.24) is 9.88 Å². The lowest BCUT2D eigenvalue weighted by atomic mass is 10.2. The van der Waals surface area contributed by atoms with Crippen molar-refractivity contribution in [3.63, 3.8) is 0 Å². The molecule has 1 aliphatic rings. The van der Waals surface area contributed by atoms with E-state index >= 15 is 0 Å². The van der Waals surface area contributed by atoms with Crippen LogP contribution in [0.2, 0.25) is 0 Å². The Bertz CT molecular complexity index is 798. The molecule has 142 valence electrons. The van der Waals surface area contributed by atoms with E-state index in [9.17, 15) is 9.59 Å². The monoisotopic (exact) mass is 367 g/mol. The molecule has 2 heterocycles. The van der Waals surface area contributed by atoms with Crippen molar-refractivity contribution >= 4 is 29.0 Å². The summed E-state index contributed by atoms with van der Waals surface area (Å²) >= 11 is 0. The van der Waals surface area contributed by atoms with E-state index in [1.54, 1.807) is 36.5 Å². The second kappa shape index (κ2) is 8.64. The first-order valence-electron chi connectivity index (χ1n) is 9.17. The summed E-state index contributed by atoms with van der Waals surface area (Å²) in [4.78, 5) is 32.7. The maximum Gasteiger partial charge on any atom is 0.257 e. The van der Waals surface area contributed by atoms with Gasteiger partial charge >= 0.3 is 0 Å². The number of rotatable bonds is 5. The zero-order chi connectivity index (χ0) is 19.2. The van der Waals surface area contributed by atoms with E-state index in [2.05, 4.69) is 32.3 Å². The number of hydrogen-bond donors (Lipinski definition) is 2. The van der Waals surface area contributed by atoms with Crippen molar-refractivity contribution < 1.29 is 9.59 Å². The average Bonchev–Trinajstić information content (AvgIpc) is 2.68. The molecular formula is C20H25N5O2. The molecule has 1 aromatic heterocycles. The molecule has 2 N–H and O–H groups in total. The van der Waals surface area contributed by atoms with Crippen LogP contribution in [0.1, 0.15) is 24.2 Å². The highest BCUT2D eigenvalue weighted by atomic mass is 16.2. The van der Waals surface area contributed by atoms with Gasteiger partial charge in [0.15, 0.2) is 0 Å². The van der Waals surface area contributed by atoms with Gasteiger partial charge in [0.1, 0.15) is 5.82 Å². The van der Waals surface area contributed by atoms with Crippen LogP contribution in [0.4, 0.5) is 17.2 Å². The van der Waals surface area contributed by atoms with E-state index < -0.39 is 0 Å². The zero-order valence-electron chi connectivity index (χ0n) is 15.7. The van der Waals surface area contributed by atoms with Crippen molar-refractivity contribution in [3.05, 3.63) is 48.2 Å². The van der Waals surface area contributed by atoms with E-state index in [-0.39, 0.29) is 11.8 Å². The number of nitrogens with zero attached hydrogens (tertiary/aromatic N) is 3. The van der Waals surface area contributed by atoms with Crippen molar-refractivity contribution in [2.45, 2.75) is 13.8 Å². The third kappa shape index (κ3) is 5.04. The quantitative estimate of drug-likeness (QED) is 0.849. The molecule has 1 saturated heterocycles. The Kier molecular flexibility index (Phi) is 6.03. The maximum atomic E-state index is 12.5.